The van der Waals surface area contributed by atoms with Gasteiger partial charge in [-0.1, -0.05) is 0 Å². The first-order chi connectivity index (χ1) is 12.3. The zero-order valence-corrected chi connectivity index (χ0v) is 15.6. The van der Waals surface area contributed by atoms with Crippen molar-refractivity contribution >= 4 is 39.0 Å². The molecule has 4 amide bonds. The molecule has 140 valence electrons. The Balaban J connectivity index is 1.48. The third-order valence-electron chi connectivity index (χ3n) is 5.24. The van der Waals surface area contributed by atoms with E-state index in [1.807, 2.05) is 11.4 Å². The fraction of sp³-hybridized carbons (Fsp3) is 0.562. The maximum absolute atomic E-state index is 13.0. The van der Waals surface area contributed by atoms with Gasteiger partial charge in [0.1, 0.15) is 12.1 Å². The van der Waals surface area contributed by atoms with Crippen molar-refractivity contribution in [3.63, 3.8) is 0 Å². The second kappa shape index (κ2) is 6.05. The molecule has 3 aliphatic rings. The van der Waals surface area contributed by atoms with Crippen molar-refractivity contribution in [1.82, 2.24) is 15.5 Å². The van der Waals surface area contributed by atoms with Gasteiger partial charge >= 0.3 is 6.03 Å². The molecule has 2 atom stereocenters. The Morgan fingerprint density at radius 3 is 2.96 bits per heavy atom. The third-order valence-corrected chi connectivity index (χ3v) is 7.98. The molecule has 4 rings (SSSR count). The number of rotatable bonds is 3. The first kappa shape index (κ1) is 17.5. The van der Waals surface area contributed by atoms with E-state index >= 15 is 0 Å². The number of thiophene rings is 1. The van der Waals surface area contributed by atoms with Crippen LogP contribution in [-0.2, 0) is 31.4 Å². The standard InChI is InChI=1S/C16H19N3O5S2/c20-13(17-10-4-7-26(23,24)9-10)8-19-14(21)16(18-15(19)22)5-1-2-12-11(16)3-6-25-12/h3,6,10H,1-2,4-5,7-9H2,(H,17,20)(H,18,22)/t10-,16+/m0/s1. The third kappa shape index (κ3) is 2.81. The number of urea groups is 1. The molecule has 8 nitrogen and oxygen atoms in total. The molecule has 26 heavy (non-hydrogen) atoms. The van der Waals surface area contributed by atoms with Crippen molar-refractivity contribution in [2.24, 2.45) is 0 Å². The summed E-state index contributed by atoms with van der Waals surface area (Å²) in [4.78, 5) is 39.7. The van der Waals surface area contributed by atoms with Crippen LogP contribution in [0, 0.1) is 0 Å². The summed E-state index contributed by atoms with van der Waals surface area (Å²) in [5.41, 5.74) is -0.237. The van der Waals surface area contributed by atoms with Gasteiger partial charge in [0.15, 0.2) is 9.84 Å². The van der Waals surface area contributed by atoms with Crippen LogP contribution >= 0.6 is 11.3 Å². The van der Waals surface area contributed by atoms with Crippen LogP contribution in [0.15, 0.2) is 11.4 Å². The number of carbonyl (C=O) groups excluding carboxylic acids is 3. The Hall–Kier alpha value is -1.94. The smallest absolute Gasteiger partial charge is 0.325 e. The Bertz CT molecular complexity index is 893. The maximum atomic E-state index is 13.0. The van der Waals surface area contributed by atoms with E-state index in [0.29, 0.717) is 12.8 Å². The van der Waals surface area contributed by atoms with Crippen LogP contribution in [-0.4, -0.2) is 55.3 Å². The second-order valence-electron chi connectivity index (χ2n) is 7.01. The van der Waals surface area contributed by atoms with Crippen molar-refractivity contribution in [2.75, 3.05) is 18.1 Å². The van der Waals surface area contributed by atoms with Gasteiger partial charge < -0.3 is 10.6 Å². The van der Waals surface area contributed by atoms with E-state index in [4.69, 9.17) is 0 Å². The monoisotopic (exact) mass is 397 g/mol. The van der Waals surface area contributed by atoms with Crippen molar-refractivity contribution in [3.8, 4) is 0 Å². The fourth-order valence-electron chi connectivity index (χ4n) is 4.01. The van der Waals surface area contributed by atoms with E-state index < -0.39 is 45.8 Å². The number of carbonyl (C=O) groups is 3. The van der Waals surface area contributed by atoms with Crippen LogP contribution in [0.4, 0.5) is 4.79 Å². The van der Waals surface area contributed by atoms with Crippen LogP contribution in [0.3, 0.4) is 0 Å². The van der Waals surface area contributed by atoms with Gasteiger partial charge in [-0.2, -0.15) is 0 Å². The number of sulfone groups is 1. The summed E-state index contributed by atoms with van der Waals surface area (Å²) in [6.07, 6.45) is 2.55. The fourth-order valence-corrected chi connectivity index (χ4v) is 6.68. The number of nitrogens with zero attached hydrogens (tertiary/aromatic N) is 1. The van der Waals surface area contributed by atoms with Gasteiger partial charge in [-0.15, -0.1) is 11.3 Å². The molecule has 2 N–H and O–H groups in total. The number of imide groups is 1. The second-order valence-corrected chi connectivity index (χ2v) is 10.2. The summed E-state index contributed by atoms with van der Waals surface area (Å²) in [6, 6.07) is 0.827. The van der Waals surface area contributed by atoms with E-state index in [-0.39, 0.29) is 11.5 Å². The van der Waals surface area contributed by atoms with Crippen LogP contribution in [0.1, 0.15) is 29.7 Å². The van der Waals surface area contributed by atoms with E-state index in [2.05, 4.69) is 10.6 Å². The summed E-state index contributed by atoms with van der Waals surface area (Å²) in [5, 5.41) is 7.32. The molecular formula is C16H19N3O5S2. The summed E-state index contributed by atoms with van der Waals surface area (Å²) < 4.78 is 23.0. The van der Waals surface area contributed by atoms with Gasteiger partial charge in [0.25, 0.3) is 5.91 Å². The van der Waals surface area contributed by atoms with Crippen molar-refractivity contribution in [1.29, 1.82) is 0 Å². The van der Waals surface area contributed by atoms with Gasteiger partial charge in [0.05, 0.1) is 11.5 Å². The lowest BCUT2D eigenvalue weighted by molar-refractivity contribution is -0.135. The van der Waals surface area contributed by atoms with Gasteiger partial charge in [0.2, 0.25) is 5.91 Å². The van der Waals surface area contributed by atoms with Crippen molar-refractivity contribution < 1.29 is 22.8 Å². The summed E-state index contributed by atoms with van der Waals surface area (Å²) >= 11 is 1.57. The molecule has 1 spiro atoms. The minimum absolute atomic E-state index is 0.0467. The quantitative estimate of drug-likeness (QED) is 0.705. The van der Waals surface area contributed by atoms with Gasteiger partial charge in [-0.25, -0.2) is 13.2 Å². The normalized spacial score (nSPS) is 29.7. The highest BCUT2D eigenvalue weighted by atomic mass is 32.2. The predicted molar refractivity (Wildman–Crippen MR) is 94.4 cm³/mol. The lowest BCUT2D eigenvalue weighted by atomic mass is 9.80. The van der Waals surface area contributed by atoms with E-state index in [1.54, 1.807) is 11.3 Å². The van der Waals surface area contributed by atoms with E-state index in [1.165, 1.54) is 0 Å². The first-order valence-corrected chi connectivity index (χ1v) is 11.2. The van der Waals surface area contributed by atoms with Crippen LogP contribution in [0.2, 0.25) is 0 Å². The number of hydrogen-bond donors (Lipinski definition) is 2. The van der Waals surface area contributed by atoms with Crippen molar-refractivity contribution in [2.45, 2.75) is 37.3 Å². The molecule has 0 saturated carbocycles. The molecule has 1 aromatic heterocycles. The van der Waals surface area contributed by atoms with Gasteiger partial charge in [-0.3, -0.25) is 14.5 Å². The Kier molecular flexibility index (Phi) is 4.07. The molecule has 2 aliphatic heterocycles. The topological polar surface area (TPSA) is 113 Å². The predicted octanol–water partition coefficient (Wildman–Crippen LogP) is 0.135. The molecule has 1 aliphatic carbocycles. The molecule has 0 bridgehead atoms. The molecular weight excluding hydrogens is 378 g/mol. The average Bonchev–Trinajstić information content (AvgIpc) is 3.23. The molecule has 0 radical (unpaired) electrons. The molecule has 10 heteroatoms. The Morgan fingerprint density at radius 2 is 2.23 bits per heavy atom. The van der Waals surface area contributed by atoms with E-state index in [9.17, 15) is 22.8 Å². The number of fused-ring (bicyclic) bond motifs is 2. The average molecular weight is 397 g/mol. The zero-order valence-electron chi connectivity index (χ0n) is 14.0. The SMILES string of the molecule is O=C(CN1C(=O)N[C@@]2(CCCc3sccc32)C1=O)N[C@H]1CCS(=O)(=O)C1. The minimum atomic E-state index is -3.11. The number of hydrogen-bond acceptors (Lipinski definition) is 6. The van der Waals surface area contributed by atoms with Gasteiger partial charge in [0, 0.05) is 16.5 Å². The highest BCUT2D eigenvalue weighted by molar-refractivity contribution is 7.91. The molecule has 3 heterocycles. The largest absolute Gasteiger partial charge is 0.351 e. The van der Waals surface area contributed by atoms with Crippen LogP contribution < -0.4 is 10.6 Å². The highest BCUT2D eigenvalue weighted by Crippen LogP contribution is 2.41. The minimum Gasteiger partial charge on any atom is -0.351 e. The molecule has 2 saturated heterocycles. The molecule has 0 unspecified atom stereocenters. The highest BCUT2D eigenvalue weighted by Gasteiger charge is 2.54. The summed E-state index contributed by atoms with van der Waals surface area (Å²) in [6.45, 7) is -0.400. The Morgan fingerprint density at radius 1 is 1.42 bits per heavy atom. The van der Waals surface area contributed by atoms with Crippen molar-refractivity contribution in [3.05, 3.63) is 21.9 Å². The molecule has 0 aromatic carbocycles. The molecule has 1 aromatic rings. The lowest BCUT2D eigenvalue weighted by Crippen LogP contribution is -2.47. The van der Waals surface area contributed by atoms with Crippen LogP contribution in [0.25, 0.3) is 0 Å². The lowest BCUT2D eigenvalue weighted by Gasteiger charge is -2.31. The number of nitrogens with one attached hydrogen (secondary N) is 2. The van der Waals surface area contributed by atoms with E-state index in [0.717, 1.165) is 28.2 Å². The van der Waals surface area contributed by atoms with Crippen LogP contribution in [0.5, 0.6) is 0 Å². The summed E-state index contributed by atoms with van der Waals surface area (Å²) in [7, 11) is -3.11. The number of aryl methyl sites for hydroxylation is 1. The number of amides is 4. The summed E-state index contributed by atoms with van der Waals surface area (Å²) in [5.74, 6) is -0.975. The molecule has 2 fully saturated rings. The maximum Gasteiger partial charge on any atom is 0.325 e. The zero-order chi connectivity index (χ0) is 18.5. The van der Waals surface area contributed by atoms with Gasteiger partial charge in [-0.05, 0) is 37.1 Å². The first-order valence-electron chi connectivity index (χ1n) is 8.51. The Labute approximate surface area is 154 Å².